The van der Waals surface area contributed by atoms with Crippen LogP contribution in [0.25, 0.3) is 21.5 Å². The number of carbonyl (C=O) groups excluding carboxylic acids is 1. The summed E-state index contributed by atoms with van der Waals surface area (Å²) >= 11 is 1.31. The number of rotatable bonds is 7. The van der Waals surface area contributed by atoms with Gasteiger partial charge in [0.25, 0.3) is 0 Å². The number of fused-ring (bicyclic) bond motifs is 1. The first-order valence-corrected chi connectivity index (χ1v) is 9.66. The van der Waals surface area contributed by atoms with Gasteiger partial charge in [-0.25, -0.2) is 9.78 Å². The highest BCUT2D eigenvalue weighted by atomic mass is 32.1. The SMILES string of the molecule is CCOCCn1cc(C#N)c2cc(-c3nc(C)c(C(=O)OCC)s3)ccc21. The number of esters is 1. The van der Waals surface area contributed by atoms with E-state index in [0.29, 0.717) is 42.5 Å². The molecule has 0 atom stereocenters. The molecule has 0 unspecified atom stereocenters. The summed E-state index contributed by atoms with van der Waals surface area (Å²) < 4.78 is 12.5. The number of thiazole rings is 1. The van der Waals surface area contributed by atoms with Gasteiger partial charge in [-0.15, -0.1) is 11.3 Å². The van der Waals surface area contributed by atoms with Crippen LogP contribution in [0.2, 0.25) is 0 Å². The van der Waals surface area contributed by atoms with Crippen molar-refractivity contribution in [2.24, 2.45) is 0 Å². The van der Waals surface area contributed by atoms with Crippen LogP contribution in [0.1, 0.15) is 34.8 Å². The smallest absolute Gasteiger partial charge is 0.350 e. The highest BCUT2D eigenvalue weighted by molar-refractivity contribution is 7.17. The Morgan fingerprint density at radius 3 is 2.85 bits per heavy atom. The fourth-order valence-corrected chi connectivity index (χ4v) is 3.87. The van der Waals surface area contributed by atoms with Crippen LogP contribution < -0.4 is 0 Å². The van der Waals surface area contributed by atoms with Crippen LogP contribution >= 0.6 is 11.3 Å². The van der Waals surface area contributed by atoms with E-state index < -0.39 is 0 Å². The van der Waals surface area contributed by atoms with Crippen molar-refractivity contribution in [3.8, 4) is 16.6 Å². The molecule has 140 valence electrons. The third-order valence-electron chi connectivity index (χ3n) is 4.19. The lowest BCUT2D eigenvalue weighted by molar-refractivity contribution is 0.0531. The predicted octanol–water partition coefficient (Wildman–Crippen LogP) is 4.16. The quantitative estimate of drug-likeness (QED) is 0.452. The monoisotopic (exact) mass is 383 g/mol. The molecular weight excluding hydrogens is 362 g/mol. The summed E-state index contributed by atoms with van der Waals surface area (Å²) in [6.07, 6.45) is 1.85. The number of hydrogen-bond donors (Lipinski definition) is 0. The van der Waals surface area contributed by atoms with E-state index in [-0.39, 0.29) is 5.97 Å². The molecule has 0 fully saturated rings. The maximum atomic E-state index is 12.0. The second-order valence-corrected chi connectivity index (χ2v) is 6.93. The number of nitrogens with zero attached hydrogens (tertiary/aromatic N) is 3. The molecule has 0 radical (unpaired) electrons. The molecule has 0 aliphatic heterocycles. The molecule has 2 aromatic heterocycles. The van der Waals surface area contributed by atoms with Crippen LogP contribution in [0.4, 0.5) is 0 Å². The molecule has 2 heterocycles. The van der Waals surface area contributed by atoms with E-state index in [1.54, 1.807) is 13.8 Å². The van der Waals surface area contributed by atoms with Crippen LogP contribution in [-0.2, 0) is 16.0 Å². The topological polar surface area (TPSA) is 77.1 Å². The largest absolute Gasteiger partial charge is 0.462 e. The number of ether oxygens (including phenoxy) is 2. The minimum Gasteiger partial charge on any atom is -0.462 e. The van der Waals surface area contributed by atoms with E-state index in [0.717, 1.165) is 21.5 Å². The van der Waals surface area contributed by atoms with Crippen LogP contribution in [0.5, 0.6) is 0 Å². The Kier molecular flexibility index (Phi) is 5.89. The summed E-state index contributed by atoms with van der Waals surface area (Å²) in [6, 6.07) is 8.17. The summed E-state index contributed by atoms with van der Waals surface area (Å²) in [7, 11) is 0. The van der Waals surface area contributed by atoms with Crippen molar-refractivity contribution in [1.29, 1.82) is 5.26 Å². The number of carbonyl (C=O) groups is 1. The lowest BCUT2D eigenvalue weighted by Crippen LogP contribution is -2.04. The van der Waals surface area contributed by atoms with Crippen LogP contribution in [0.3, 0.4) is 0 Å². The van der Waals surface area contributed by atoms with E-state index >= 15 is 0 Å². The molecular formula is C20H21N3O3S. The molecule has 0 amide bonds. The van der Waals surface area contributed by atoms with E-state index in [9.17, 15) is 10.1 Å². The maximum Gasteiger partial charge on any atom is 0.350 e. The van der Waals surface area contributed by atoms with Crippen molar-refractivity contribution in [1.82, 2.24) is 9.55 Å². The molecule has 1 aromatic carbocycles. The van der Waals surface area contributed by atoms with Gasteiger partial charge < -0.3 is 14.0 Å². The van der Waals surface area contributed by atoms with Crippen molar-refractivity contribution in [3.05, 3.63) is 40.5 Å². The molecule has 0 saturated carbocycles. The van der Waals surface area contributed by atoms with Gasteiger partial charge in [0.2, 0.25) is 0 Å². The van der Waals surface area contributed by atoms with Gasteiger partial charge in [-0.05, 0) is 39.0 Å². The predicted molar refractivity (Wildman–Crippen MR) is 105 cm³/mol. The second-order valence-electron chi connectivity index (χ2n) is 5.93. The van der Waals surface area contributed by atoms with Gasteiger partial charge in [-0.2, -0.15) is 5.26 Å². The average Bonchev–Trinajstić information content (AvgIpc) is 3.22. The van der Waals surface area contributed by atoms with Gasteiger partial charge in [-0.1, -0.05) is 0 Å². The summed E-state index contributed by atoms with van der Waals surface area (Å²) in [4.78, 5) is 17.1. The van der Waals surface area contributed by atoms with E-state index in [2.05, 4.69) is 11.1 Å². The summed E-state index contributed by atoms with van der Waals surface area (Å²) in [5, 5.41) is 11.1. The third-order valence-corrected chi connectivity index (χ3v) is 5.37. The van der Waals surface area contributed by atoms with Gasteiger partial charge in [-0.3, -0.25) is 0 Å². The minimum absolute atomic E-state index is 0.332. The van der Waals surface area contributed by atoms with Gasteiger partial charge in [0.05, 0.1) is 24.5 Å². The van der Waals surface area contributed by atoms with Crippen LogP contribution in [-0.4, -0.2) is 35.3 Å². The van der Waals surface area contributed by atoms with Gasteiger partial charge in [0.1, 0.15) is 16.0 Å². The minimum atomic E-state index is -0.348. The van der Waals surface area contributed by atoms with Crippen molar-refractivity contribution in [2.75, 3.05) is 19.8 Å². The fourth-order valence-electron chi connectivity index (χ4n) is 2.92. The number of aryl methyl sites for hydroxylation is 1. The van der Waals surface area contributed by atoms with E-state index in [1.807, 2.05) is 35.9 Å². The van der Waals surface area contributed by atoms with Gasteiger partial charge >= 0.3 is 5.97 Å². The Bertz CT molecular complexity index is 1010. The number of hydrogen-bond acceptors (Lipinski definition) is 6. The number of nitriles is 1. The number of benzene rings is 1. The molecule has 6 nitrogen and oxygen atoms in total. The molecule has 3 rings (SSSR count). The molecule has 0 aliphatic carbocycles. The third kappa shape index (κ3) is 3.87. The maximum absolute atomic E-state index is 12.0. The molecule has 27 heavy (non-hydrogen) atoms. The molecule has 0 aliphatic rings. The zero-order valence-electron chi connectivity index (χ0n) is 15.6. The summed E-state index contributed by atoms with van der Waals surface area (Å²) in [5.74, 6) is -0.348. The second kappa shape index (κ2) is 8.33. The lowest BCUT2D eigenvalue weighted by atomic mass is 10.1. The first kappa shape index (κ1) is 19.1. The molecule has 0 spiro atoms. The Balaban J connectivity index is 1.98. The summed E-state index contributed by atoms with van der Waals surface area (Å²) in [5.41, 5.74) is 3.13. The zero-order valence-corrected chi connectivity index (χ0v) is 16.4. The first-order chi connectivity index (χ1) is 13.1. The molecule has 3 aromatic rings. The van der Waals surface area contributed by atoms with E-state index in [4.69, 9.17) is 9.47 Å². The van der Waals surface area contributed by atoms with Crippen LogP contribution in [0, 0.1) is 18.3 Å². The standard InChI is InChI=1S/C20H21N3O3S/c1-4-25-9-8-23-12-15(11-21)16-10-14(6-7-17(16)23)19-22-13(3)18(27-19)20(24)26-5-2/h6-7,10,12H,4-5,8-9H2,1-3H3. The lowest BCUT2D eigenvalue weighted by Gasteiger charge is -2.05. The van der Waals surface area contributed by atoms with Crippen molar-refractivity contribution in [2.45, 2.75) is 27.3 Å². The zero-order chi connectivity index (χ0) is 19.4. The van der Waals surface area contributed by atoms with Gasteiger partial charge in [0, 0.05) is 35.8 Å². The highest BCUT2D eigenvalue weighted by Crippen LogP contribution is 2.32. The Morgan fingerprint density at radius 1 is 1.33 bits per heavy atom. The molecule has 0 N–H and O–H groups in total. The molecule has 0 bridgehead atoms. The van der Waals surface area contributed by atoms with Crippen molar-refractivity contribution < 1.29 is 14.3 Å². The highest BCUT2D eigenvalue weighted by Gasteiger charge is 2.18. The molecule has 7 heteroatoms. The Hall–Kier alpha value is -2.69. The van der Waals surface area contributed by atoms with Crippen LogP contribution in [0.15, 0.2) is 24.4 Å². The Morgan fingerprint density at radius 2 is 2.15 bits per heavy atom. The first-order valence-electron chi connectivity index (χ1n) is 8.84. The fraction of sp³-hybridized carbons (Fsp3) is 0.350. The normalized spacial score (nSPS) is 10.9. The van der Waals surface area contributed by atoms with Gasteiger partial charge in [0.15, 0.2) is 0 Å². The summed E-state index contributed by atoms with van der Waals surface area (Å²) in [6.45, 7) is 7.83. The van der Waals surface area contributed by atoms with Crippen molar-refractivity contribution >= 4 is 28.2 Å². The number of aromatic nitrogens is 2. The van der Waals surface area contributed by atoms with E-state index in [1.165, 1.54) is 11.3 Å². The van der Waals surface area contributed by atoms with Crippen molar-refractivity contribution in [3.63, 3.8) is 0 Å². The average molecular weight is 383 g/mol. The Labute approximate surface area is 162 Å². The molecule has 0 saturated heterocycles.